The maximum Gasteiger partial charge on any atom is 0.417 e. The molecular weight excluding hydrogens is 357 g/mol. The molecule has 0 bridgehead atoms. The fourth-order valence-corrected chi connectivity index (χ4v) is 3.33. The van der Waals surface area contributed by atoms with Crippen molar-refractivity contribution in [1.29, 1.82) is 0 Å². The number of nitrogens with zero attached hydrogens (tertiary/aromatic N) is 2. The van der Waals surface area contributed by atoms with Gasteiger partial charge in [0.05, 0.1) is 6.42 Å². The van der Waals surface area contributed by atoms with Gasteiger partial charge in [0.2, 0.25) is 5.91 Å². The number of hydrogen-bond acceptors (Lipinski definition) is 3. The molecule has 146 valence electrons. The highest BCUT2D eigenvalue weighted by molar-refractivity contribution is 5.85. The van der Waals surface area contributed by atoms with Crippen molar-refractivity contribution >= 4 is 16.7 Å². The molecule has 1 fully saturated rings. The average molecular weight is 380 g/mol. The molecule has 0 spiro atoms. The number of aliphatic hydroxyl groups is 1. The summed E-state index contributed by atoms with van der Waals surface area (Å²) in [4.78, 5) is 15.7. The van der Waals surface area contributed by atoms with E-state index in [-0.39, 0.29) is 0 Å². The first-order valence-electron chi connectivity index (χ1n) is 8.93. The lowest BCUT2D eigenvalue weighted by Crippen LogP contribution is -2.52. The topological polar surface area (TPSA) is 43.8 Å². The Labute approximate surface area is 156 Å². The largest absolute Gasteiger partial charge is 0.417 e. The van der Waals surface area contributed by atoms with E-state index in [1.807, 2.05) is 18.2 Å². The molecule has 3 rings (SSSR count). The zero-order valence-corrected chi connectivity index (χ0v) is 15.2. The van der Waals surface area contributed by atoms with Crippen molar-refractivity contribution in [3.8, 4) is 0 Å². The molecule has 7 heteroatoms. The minimum absolute atomic E-state index is 0.359. The van der Waals surface area contributed by atoms with Crippen LogP contribution in [0.25, 0.3) is 10.8 Å². The maximum absolute atomic E-state index is 12.8. The van der Waals surface area contributed by atoms with Gasteiger partial charge in [-0.2, -0.15) is 13.2 Å². The highest BCUT2D eigenvalue weighted by Gasteiger charge is 2.51. The van der Waals surface area contributed by atoms with E-state index in [1.165, 1.54) is 15.8 Å². The van der Waals surface area contributed by atoms with E-state index >= 15 is 0 Å². The number of carbonyl (C=O) groups is 1. The van der Waals surface area contributed by atoms with Gasteiger partial charge in [-0.15, -0.1) is 0 Å². The molecule has 4 nitrogen and oxygen atoms in total. The first-order valence-corrected chi connectivity index (χ1v) is 8.93. The molecule has 0 aromatic heterocycles. The fourth-order valence-electron chi connectivity index (χ4n) is 3.33. The summed E-state index contributed by atoms with van der Waals surface area (Å²) in [5.74, 6) is -0.665. The summed E-state index contributed by atoms with van der Waals surface area (Å²) in [5.41, 5.74) is -1.81. The number of fused-ring (bicyclic) bond motifs is 1. The summed E-state index contributed by atoms with van der Waals surface area (Å²) in [6.07, 6.45) is -5.77. The number of amides is 1. The molecule has 1 amide bonds. The minimum atomic E-state index is -4.82. The van der Waals surface area contributed by atoms with E-state index in [9.17, 15) is 23.1 Å². The number of alkyl halides is 3. The van der Waals surface area contributed by atoms with Gasteiger partial charge in [-0.05, 0) is 23.3 Å². The number of benzene rings is 2. The second-order valence-corrected chi connectivity index (χ2v) is 7.24. The number of carbonyl (C=O) groups excluding carboxylic acids is 1. The molecule has 2 aromatic rings. The Morgan fingerprint density at radius 1 is 1.04 bits per heavy atom. The van der Waals surface area contributed by atoms with E-state index in [2.05, 4.69) is 29.2 Å². The second kappa shape index (κ2) is 7.48. The second-order valence-electron chi connectivity index (χ2n) is 7.24. The van der Waals surface area contributed by atoms with Gasteiger partial charge in [-0.25, -0.2) is 0 Å². The molecule has 27 heavy (non-hydrogen) atoms. The van der Waals surface area contributed by atoms with Gasteiger partial charge in [-0.3, -0.25) is 9.69 Å². The van der Waals surface area contributed by atoms with Crippen LogP contribution in [0.3, 0.4) is 0 Å². The van der Waals surface area contributed by atoms with Gasteiger partial charge in [0.1, 0.15) is 0 Å². The summed E-state index contributed by atoms with van der Waals surface area (Å²) in [6.45, 7) is 3.26. The summed E-state index contributed by atoms with van der Waals surface area (Å²) >= 11 is 0. The number of halogens is 3. The standard InChI is InChI=1S/C20H23F3N2O2/c1-19(27,20(21,22)23)13-18(26)25-11-9-24(10-12-25)14-16-7-4-6-15-5-2-3-8-17(15)16/h2-8,27H,9-14H2,1H3/t19-/m0/s1. The Bertz CT molecular complexity index is 807. The molecule has 1 atom stereocenters. The molecular formula is C20H23F3N2O2. The van der Waals surface area contributed by atoms with E-state index in [0.717, 1.165) is 11.9 Å². The molecule has 0 radical (unpaired) electrons. The Balaban J connectivity index is 1.58. The van der Waals surface area contributed by atoms with Gasteiger partial charge in [0.25, 0.3) is 0 Å². The van der Waals surface area contributed by atoms with Crippen molar-refractivity contribution in [3.05, 3.63) is 48.0 Å². The van der Waals surface area contributed by atoms with Gasteiger partial charge < -0.3 is 10.0 Å². The number of piperazine rings is 1. The lowest BCUT2D eigenvalue weighted by atomic mass is 10.0. The highest BCUT2D eigenvalue weighted by atomic mass is 19.4. The summed E-state index contributed by atoms with van der Waals surface area (Å²) < 4.78 is 38.3. The van der Waals surface area contributed by atoms with Crippen LogP contribution in [0.5, 0.6) is 0 Å². The summed E-state index contributed by atoms with van der Waals surface area (Å²) in [7, 11) is 0. The average Bonchev–Trinajstić information content (AvgIpc) is 2.61. The van der Waals surface area contributed by atoms with Gasteiger partial charge >= 0.3 is 6.18 Å². The van der Waals surface area contributed by atoms with E-state index in [1.54, 1.807) is 0 Å². The molecule has 2 aromatic carbocycles. The third kappa shape index (κ3) is 4.42. The van der Waals surface area contributed by atoms with Crippen LogP contribution in [0.1, 0.15) is 18.9 Å². The van der Waals surface area contributed by atoms with Crippen molar-refractivity contribution in [2.75, 3.05) is 26.2 Å². The van der Waals surface area contributed by atoms with Crippen molar-refractivity contribution in [1.82, 2.24) is 9.80 Å². The van der Waals surface area contributed by atoms with E-state index < -0.39 is 24.1 Å². The Kier molecular flexibility index (Phi) is 5.44. The smallest absolute Gasteiger partial charge is 0.380 e. The van der Waals surface area contributed by atoms with Crippen molar-refractivity contribution in [2.24, 2.45) is 0 Å². The van der Waals surface area contributed by atoms with Crippen LogP contribution in [-0.4, -0.2) is 58.8 Å². The molecule has 1 aliphatic heterocycles. The van der Waals surface area contributed by atoms with Crippen LogP contribution in [0.4, 0.5) is 13.2 Å². The Morgan fingerprint density at radius 3 is 2.33 bits per heavy atom. The van der Waals surface area contributed by atoms with Crippen molar-refractivity contribution in [3.63, 3.8) is 0 Å². The Morgan fingerprint density at radius 2 is 1.67 bits per heavy atom. The lowest BCUT2D eigenvalue weighted by molar-refractivity contribution is -0.254. The summed E-state index contributed by atoms with van der Waals surface area (Å²) in [6, 6.07) is 14.3. The normalized spacial score (nSPS) is 18.5. The van der Waals surface area contributed by atoms with Crippen LogP contribution in [0.15, 0.2) is 42.5 Å². The van der Waals surface area contributed by atoms with E-state index in [4.69, 9.17) is 0 Å². The van der Waals surface area contributed by atoms with Crippen LogP contribution >= 0.6 is 0 Å². The first kappa shape index (κ1) is 19.6. The van der Waals surface area contributed by atoms with Crippen LogP contribution in [0.2, 0.25) is 0 Å². The molecule has 1 N–H and O–H groups in total. The molecule has 0 saturated carbocycles. The molecule has 1 aliphatic rings. The highest BCUT2D eigenvalue weighted by Crippen LogP contribution is 2.33. The monoisotopic (exact) mass is 380 g/mol. The van der Waals surface area contributed by atoms with Crippen LogP contribution < -0.4 is 0 Å². The maximum atomic E-state index is 12.8. The molecule has 0 unspecified atom stereocenters. The van der Waals surface area contributed by atoms with E-state index in [0.29, 0.717) is 33.1 Å². The zero-order valence-electron chi connectivity index (χ0n) is 15.2. The van der Waals surface area contributed by atoms with Gasteiger partial charge in [0.15, 0.2) is 5.60 Å². The van der Waals surface area contributed by atoms with Crippen molar-refractivity contribution in [2.45, 2.75) is 31.7 Å². The predicted molar refractivity (Wildman–Crippen MR) is 97.1 cm³/mol. The third-order valence-corrected chi connectivity index (χ3v) is 5.11. The quantitative estimate of drug-likeness (QED) is 0.886. The molecule has 1 saturated heterocycles. The predicted octanol–water partition coefficient (Wildman–Crippen LogP) is 3.19. The number of hydrogen-bond donors (Lipinski definition) is 1. The minimum Gasteiger partial charge on any atom is -0.380 e. The molecule has 1 heterocycles. The first-order chi connectivity index (χ1) is 12.7. The van der Waals surface area contributed by atoms with Crippen molar-refractivity contribution < 1.29 is 23.1 Å². The third-order valence-electron chi connectivity index (χ3n) is 5.11. The molecule has 0 aliphatic carbocycles. The van der Waals surface area contributed by atoms with Crippen LogP contribution in [-0.2, 0) is 11.3 Å². The summed E-state index contributed by atoms with van der Waals surface area (Å²) in [5, 5.41) is 11.9. The van der Waals surface area contributed by atoms with Gasteiger partial charge in [0, 0.05) is 32.7 Å². The lowest BCUT2D eigenvalue weighted by Gasteiger charge is -2.36. The van der Waals surface area contributed by atoms with Crippen LogP contribution in [0, 0.1) is 0 Å². The van der Waals surface area contributed by atoms with Gasteiger partial charge in [-0.1, -0.05) is 42.5 Å². The number of rotatable bonds is 4. The zero-order chi connectivity index (χ0) is 19.7. The fraction of sp³-hybridized carbons (Fsp3) is 0.450. The Hall–Kier alpha value is -2.12. The SMILES string of the molecule is C[C@](O)(CC(=O)N1CCN(Cc2cccc3ccccc23)CC1)C(F)(F)F.